The lowest BCUT2D eigenvalue weighted by Gasteiger charge is -2.05. The van der Waals surface area contributed by atoms with Crippen LogP contribution in [0.15, 0.2) is 16.6 Å². The lowest BCUT2D eigenvalue weighted by Crippen LogP contribution is -2.00. The van der Waals surface area contributed by atoms with Gasteiger partial charge in [0.1, 0.15) is 0 Å². The molecule has 0 aliphatic carbocycles. The topological polar surface area (TPSA) is 12.4 Å². The third kappa shape index (κ3) is 3.35. The van der Waals surface area contributed by atoms with E-state index in [4.69, 9.17) is 0 Å². The Bertz CT molecular complexity index is 154. The summed E-state index contributed by atoms with van der Waals surface area (Å²) in [5.74, 6) is 0. The van der Waals surface area contributed by atoms with E-state index in [1.54, 1.807) is 0 Å². The minimum atomic E-state index is 0.903. The van der Waals surface area contributed by atoms with Crippen molar-refractivity contribution in [3.8, 4) is 0 Å². The van der Waals surface area contributed by atoms with E-state index in [1.165, 1.54) is 11.3 Å². The van der Waals surface area contributed by atoms with Gasteiger partial charge < -0.3 is 0 Å². The summed E-state index contributed by atoms with van der Waals surface area (Å²) in [7, 11) is 0. The van der Waals surface area contributed by atoms with Gasteiger partial charge in [0.15, 0.2) is 0 Å². The lowest BCUT2D eigenvalue weighted by molar-refractivity contribution is 1.06. The molecular weight excluding hydrogens is 134 g/mol. The Morgan fingerprint density at radius 2 is 1.82 bits per heavy atom. The van der Waals surface area contributed by atoms with E-state index in [0.29, 0.717) is 0 Å². The molecule has 0 saturated heterocycles. The number of allylic oxidation sites excluding steroid dienone is 2. The van der Waals surface area contributed by atoms with Crippen LogP contribution in [0.4, 0.5) is 0 Å². The van der Waals surface area contributed by atoms with E-state index < -0.39 is 0 Å². The van der Waals surface area contributed by atoms with Gasteiger partial charge in [0, 0.05) is 12.3 Å². The molecule has 0 fully saturated rings. The number of aliphatic imine (C=N–C) groups is 1. The highest BCUT2D eigenvalue weighted by atomic mass is 14.7. The molecule has 11 heavy (non-hydrogen) atoms. The van der Waals surface area contributed by atoms with Crippen molar-refractivity contribution in [2.75, 3.05) is 6.54 Å². The average molecular weight is 153 g/mol. The molecule has 1 heteroatoms. The molecule has 0 aliphatic heterocycles. The zero-order valence-electron chi connectivity index (χ0n) is 8.15. The molecule has 1 nitrogen and oxygen atoms in total. The quantitative estimate of drug-likeness (QED) is 0.550. The van der Waals surface area contributed by atoms with Crippen LogP contribution in [0.1, 0.15) is 40.5 Å². The third-order valence-corrected chi connectivity index (χ3v) is 1.78. The lowest BCUT2D eigenvalue weighted by atomic mass is 10.1. The number of hydrogen-bond acceptors (Lipinski definition) is 1. The van der Waals surface area contributed by atoms with Crippen molar-refractivity contribution in [2.24, 2.45) is 4.99 Å². The molecule has 0 radical (unpaired) electrons. The van der Waals surface area contributed by atoms with Crippen LogP contribution in [0.3, 0.4) is 0 Å². The molecule has 0 spiro atoms. The van der Waals surface area contributed by atoms with Gasteiger partial charge in [-0.15, -0.1) is 0 Å². The normalized spacial score (nSPS) is 13.8. The zero-order valence-corrected chi connectivity index (χ0v) is 8.15. The maximum Gasteiger partial charge on any atom is 0.0373 e. The van der Waals surface area contributed by atoms with Gasteiger partial charge in [0.05, 0.1) is 0 Å². The van der Waals surface area contributed by atoms with Crippen molar-refractivity contribution >= 4 is 5.71 Å². The highest BCUT2D eigenvalue weighted by molar-refractivity contribution is 5.99. The predicted octanol–water partition coefficient (Wildman–Crippen LogP) is 3.21. The highest BCUT2D eigenvalue weighted by Crippen LogP contribution is 2.06. The van der Waals surface area contributed by atoms with Crippen molar-refractivity contribution in [3.63, 3.8) is 0 Å². The average Bonchev–Trinajstić information content (AvgIpc) is 2.05. The van der Waals surface area contributed by atoms with Crippen LogP contribution in [-0.2, 0) is 0 Å². The molecule has 0 atom stereocenters. The van der Waals surface area contributed by atoms with Crippen molar-refractivity contribution in [2.45, 2.75) is 40.5 Å². The second-order valence-electron chi connectivity index (χ2n) is 2.44. The molecule has 0 saturated carbocycles. The first-order valence-electron chi connectivity index (χ1n) is 4.48. The number of hydrogen-bond donors (Lipinski definition) is 0. The van der Waals surface area contributed by atoms with E-state index in [9.17, 15) is 0 Å². The fourth-order valence-electron chi connectivity index (χ4n) is 1.21. The predicted molar refractivity (Wildman–Crippen MR) is 52.3 cm³/mol. The van der Waals surface area contributed by atoms with Crippen LogP contribution in [0.25, 0.3) is 0 Å². The van der Waals surface area contributed by atoms with Gasteiger partial charge in [-0.1, -0.05) is 19.9 Å². The van der Waals surface area contributed by atoms with Gasteiger partial charge in [0.2, 0.25) is 0 Å². The van der Waals surface area contributed by atoms with Crippen molar-refractivity contribution in [1.29, 1.82) is 0 Å². The summed E-state index contributed by atoms with van der Waals surface area (Å²) < 4.78 is 0. The van der Waals surface area contributed by atoms with Gasteiger partial charge in [-0.2, -0.15) is 0 Å². The summed E-state index contributed by atoms with van der Waals surface area (Å²) in [5.41, 5.74) is 2.67. The second kappa shape index (κ2) is 6.14. The molecule has 0 N–H and O–H groups in total. The van der Waals surface area contributed by atoms with Gasteiger partial charge in [0.25, 0.3) is 0 Å². The van der Waals surface area contributed by atoms with Crippen molar-refractivity contribution in [3.05, 3.63) is 11.6 Å². The Morgan fingerprint density at radius 1 is 1.18 bits per heavy atom. The van der Waals surface area contributed by atoms with Crippen LogP contribution >= 0.6 is 0 Å². The molecule has 0 unspecified atom stereocenters. The molecule has 0 aromatic carbocycles. The first-order valence-corrected chi connectivity index (χ1v) is 4.48. The summed E-state index contributed by atoms with van der Waals surface area (Å²) in [6.07, 6.45) is 4.32. The van der Waals surface area contributed by atoms with Crippen LogP contribution in [-0.4, -0.2) is 12.3 Å². The Hall–Kier alpha value is -0.590. The summed E-state index contributed by atoms with van der Waals surface area (Å²) in [4.78, 5) is 4.43. The standard InChI is InChI=1S/C10H19N/c1-5-9(6-2)10(7-3)11-8-4/h5H,6-8H2,1-4H3/b9-5-,11-10?. The highest BCUT2D eigenvalue weighted by Gasteiger charge is 1.99. The van der Waals surface area contributed by atoms with Crippen LogP contribution in [0.2, 0.25) is 0 Å². The van der Waals surface area contributed by atoms with Crippen LogP contribution in [0.5, 0.6) is 0 Å². The molecule has 0 bridgehead atoms. The first kappa shape index (κ1) is 10.4. The van der Waals surface area contributed by atoms with Crippen LogP contribution < -0.4 is 0 Å². The molecule has 0 aromatic heterocycles. The van der Waals surface area contributed by atoms with Gasteiger partial charge >= 0.3 is 0 Å². The molecule has 64 valence electrons. The maximum absolute atomic E-state index is 4.43. The SMILES string of the molecule is C/C=C(/CC)C(CC)=NCC. The maximum atomic E-state index is 4.43. The number of rotatable bonds is 4. The first-order chi connectivity index (χ1) is 5.29. The molecule has 0 heterocycles. The Kier molecular flexibility index (Phi) is 5.81. The van der Waals surface area contributed by atoms with Crippen molar-refractivity contribution < 1.29 is 0 Å². The monoisotopic (exact) mass is 153 g/mol. The minimum absolute atomic E-state index is 0.903. The molecule has 0 rings (SSSR count). The van der Waals surface area contributed by atoms with E-state index in [1.807, 2.05) is 0 Å². The fourth-order valence-corrected chi connectivity index (χ4v) is 1.21. The second-order valence-corrected chi connectivity index (χ2v) is 2.44. The Labute approximate surface area is 70.2 Å². The summed E-state index contributed by atoms with van der Waals surface area (Å²) in [6.45, 7) is 9.41. The molecular formula is C10H19N. The molecule has 0 amide bonds. The Morgan fingerprint density at radius 3 is 2.09 bits per heavy atom. The minimum Gasteiger partial charge on any atom is -0.290 e. The van der Waals surface area contributed by atoms with Gasteiger partial charge in [-0.25, -0.2) is 0 Å². The van der Waals surface area contributed by atoms with Crippen molar-refractivity contribution in [1.82, 2.24) is 0 Å². The van der Waals surface area contributed by atoms with E-state index in [0.717, 1.165) is 19.4 Å². The fraction of sp³-hybridized carbons (Fsp3) is 0.700. The Balaban J connectivity index is 4.35. The van der Waals surface area contributed by atoms with E-state index >= 15 is 0 Å². The molecule has 0 aliphatic rings. The van der Waals surface area contributed by atoms with Crippen LogP contribution in [0, 0.1) is 0 Å². The smallest absolute Gasteiger partial charge is 0.0373 e. The van der Waals surface area contributed by atoms with Gasteiger partial charge in [-0.05, 0) is 32.3 Å². The summed E-state index contributed by atoms with van der Waals surface area (Å²) >= 11 is 0. The summed E-state index contributed by atoms with van der Waals surface area (Å²) in [6, 6.07) is 0. The van der Waals surface area contributed by atoms with E-state index in [-0.39, 0.29) is 0 Å². The zero-order chi connectivity index (χ0) is 8.69. The summed E-state index contributed by atoms with van der Waals surface area (Å²) in [5, 5.41) is 0. The van der Waals surface area contributed by atoms with E-state index in [2.05, 4.69) is 38.8 Å². The largest absolute Gasteiger partial charge is 0.290 e. The number of nitrogens with zero attached hydrogens (tertiary/aromatic N) is 1. The van der Waals surface area contributed by atoms with Gasteiger partial charge in [-0.3, -0.25) is 4.99 Å². The third-order valence-electron chi connectivity index (χ3n) is 1.78. The molecule has 0 aromatic rings.